The summed E-state index contributed by atoms with van der Waals surface area (Å²) in [5.74, 6) is 0.559. The van der Waals surface area contributed by atoms with E-state index in [1.807, 2.05) is 24.3 Å². The standard InChI is InChI=1S/C11H7Cl3N2/c12-9-4-5-15-11(16-9)8-3-1-2-7(6-8)10(13)14/h1-6,10H. The van der Waals surface area contributed by atoms with Gasteiger partial charge in [0.2, 0.25) is 0 Å². The predicted molar refractivity (Wildman–Crippen MR) is 66.9 cm³/mol. The lowest BCUT2D eigenvalue weighted by molar-refractivity contribution is 1.17. The fourth-order valence-electron chi connectivity index (χ4n) is 1.29. The summed E-state index contributed by atoms with van der Waals surface area (Å²) in [6.07, 6.45) is 1.61. The first-order chi connectivity index (χ1) is 7.66. The van der Waals surface area contributed by atoms with E-state index in [0.717, 1.165) is 11.1 Å². The second-order valence-electron chi connectivity index (χ2n) is 3.13. The SMILES string of the molecule is Clc1ccnc(-c2cccc(C(Cl)Cl)c2)n1. The summed E-state index contributed by atoms with van der Waals surface area (Å²) in [6, 6.07) is 9.05. The van der Waals surface area contributed by atoms with Crippen molar-refractivity contribution in [3.05, 3.63) is 47.2 Å². The topological polar surface area (TPSA) is 25.8 Å². The first-order valence-corrected chi connectivity index (χ1v) is 5.79. The van der Waals surface area contributed by atoms with Crippen LogP contribution in [0.2, 0.25) is 5.15 Å². The molecule has 2 nitrogen and oxygen atoms in total. The summed E-state index contributed by atoms with van der Waals surface area (Å²) in [7, 11) is 0. The van der Waals surface area contributed by atoms with Gasteiger partial charge in [-0.15, -0.1) is 23.2 Å². The largest absolute Gasteiger partial charge is 0.236 e. The molecule has 0 bridgehead atoms. The van der Waals surface area contributed by atoms with Crippen molar-refractivity contribution in [1.82, 2.24) is 9.97 Å². The summed E-state index contributed by atoms with van der Waals surface area (Å²) < 4.78 is 0. The van der Waals surface area contributed by atoms with Gasteiger partial charge in [0, 0.05) is 11.8 Å². The van der Waals surface area contributed by atoms with E-state index >= 15 is 0 Å². The van der Waals surface area contributed by atoms with Gasteiger partial charge in [-0.05, 0) is 17.7 Å². The average Bonchev–Trinajstić information content (AvgIpc) is 2.29. The fraction of sp³-hybridized carbons (Fsp3) is 0.0909. The maximum Gasteiger partial charge on any atom is 0.160 e. The first kappa shape index (κ1) is 11.6. The number of hydrogen-bond acceptors (Lipinski definition) is 2. The zero-order valence-electron chi connectivity index (χ0n) is 8.07. The quantitative estimate of drug-likeness (QED) is 0.603. The Kier molecular flexibility index (Phi) is 3.64. The molecule has 5 heteroatoms. The molecule has 0 radical (unpaired) electrons. The smallest absolute Gasteiger partial charge is 0.160 e. The van der Waals surface area contributed by atoms with Crippen LogP contribution >= 0.6 is 34.8 Å². The van der Waals surface area contributed by atoms with Crippen molar-refractivity contribution in [2.24, 2.45) is 0 Å². The van der Waals surface area contributed by atoms with Gasteiger partial charge in [-0.3, -0.25) is 0 Å². The second kappa shape index (κ2) is 5.00. The molecule has 1 aromatic carbocycles. The Labute approximate surface area is 108 Å². The van der Waals surface area contributed by atoms with Crippen LogP contribution in [0.25, 0.3) is 11.4 Å². The predicted octanol–water partition coefficient (Wildman–Crippen LogP) is 4.27. The third kappa shape index (κ3) is 2.64. The maximum atomic E-state index is 5.79. The van der Waals surface area contributed by atoms with Crippen LogP contribution < -0.4 is 0 Å². The Morgan fingerprint density at radius 1 is 1.12 bits per heavy atom. The number of alkyl halides is 2. The molecular formula is C11H7Cl3N2. The Morgan fingerprint density at radius 3 is 2.62 bits per heavy atom. The Hall–Kier alpha value is -0.830. The molecule has 0 spiro atoms. The molecule has 1 heterocycles. The molecule has 2 rings (SSSR count). The van der Waals surface area contributed by atoms with E-state index in [4.69, 9.17) is 34.8 Å². The highest BCUT2D eigenvalue weighted by atomic mass is 35.5. The van der Waals surface area contributed by atoms with Crippen molar-refractivity contribution in [3.63, 3.8) is 0 Å². The van der Waals surface area contributed by atoms with E-state index in [-0.39, 0.29) is 0 Å². The molecule has 0 aliphatic carbocycles. The highest BCUT2D eigenvalue weighted by molar-refractivity contribution is 6.44. The van der Waals surface area contributed by atoms with Gasteiger partial charge >= 0.3 is 0 Å². The van der Waals surface area contributed by atoms with Crippen molar-refractivity contribution in [3.8, 4) is 11.4 Å². The normalized spacial score (nSPS) is 10.8. The molecule has 0 aliphatic rings. The van der Waals surface area contributed by atoms with E-state index in [9.17, 15) is 0 Å². The molecule has 0 saturated carbocycles. The zero-order valence-corrected chi connectivity index (χ0v) is 10.3. The minimum absolute atomic E-state index is 0.406. The number of aromatic nitrogens is 2. The zero-order chi connectivity index (χ0) is 11.5. The molecule has 0 saturated heterocycles. The van der Waals surface area contributed by atoms with Crippen LogP contribution in [0.3, 0.4) is 0 Å². The van der Waals surface area contributed by atoms with E-state index < -0.39 is 4.84 Å². The third-order valence-corrected chi connectivity index (χ3v) is 2.73. The van der Waals surface area contributed by atoms with Crippen LogP contribution in [0.5, 0.6) is 0 Å². The van der Waals surface area contributed by atoms with Gasteiger partial charge in [-0.25, -0.2) is 9.97 Å². The maximum absolute atomic E-state index is 5.79. The molecule has 0 aliphatic heterocycles. The lowest BCUT2D eigenvalue weighted by atomic mass is 10.1. The van der Waals surface area contributed by atoms with E-state index in [0.29, 0.717) is 11.0 Å². The van der Waals surface area contributed by atoms with Gasteiger partial charge in [0.25, 0.3) is 0 Å². The monoisotopic (exact) mass is 272 g/mol. The summed E-state index contributed by atoms with van der Waals surface area (Å²) in [5, 5.41) is 0.406. The van der Waals surface area contributed by atoms with Crippen LogP contribution in [0.4, 0.5) is 0 Å². The third-order valence-electron chi connectivity index (χ3n) is 2.02. The molecule has 82 valence electrons. The van der Waals surface area contributed by atoms with Crippen LogP contribution in [-0.2, 0) is 0 Å². The summed E-state index contributed by atoms with van der Waals surface area (Å²) in [4.78, 5) is 7.68. The number of nitrogens with zero attached hydrogens (tertiary/aromatic N) is 2. The molecule has 0 atom stereocenters. The van der Waals surface area contributed by atoms with Crippen molar-refractivity contribution in [2.45, 2.75) is 4.84 Å². The molecule has 0 N–H and O–H groups in total. The highest BCUT2D eigenvalue weighted by Crippen LogP contribution is 2.27. The van der Waals surface area contributed by atoms with Gasteiger partial charge in [-0.2, -0.15) is 0 Å². The van der Waals surface area contributed by atoms with Crippen molar-refractivity contribution >= 4 is 34.8 Å². The lowest BCUT2D eigenvalue weighted by Crippen LogP contribution is -1.90. The average molecular weight is 274 g/mol. The van der Waals surface area contributed by atoms with E-state index in [1.54, 1.807) is 12.3 Å². The first-order valence-electron chi connectivity index (χ1n) is 4.54. The van der Waals surface area contributed by atoms with E-state index in [1.165, 1.54) is 0 Å². The highest BCUT2D eigenvalue weighted by Gasteiger charge is 2.06. The van der Waals surface area contributed by atoms with Gasteiger partial charge in [0.1, 0.15) is 9.99 Å². The summed E-state index contributed by atoms with van der Waals surface area (Å²) in [5.41, 5.74) is 1.65. The van der Waals surface area contributed by atoms with Gasteiger partial charge in [0.05, 0.1) is 0 Å². The van der Waals surface area contributed by atoms with E-state index in [2.05, 4.69) is 9.97 Å². The number of rotatable bonds is 2. The molecule has 0 unspecified atom stereocenters. The van der Waals surface area contributed by atoms with Crippen LogP contribution in [-0.4, -0.2) is 9.97 Å². The van der Waals surface area contributed by atoms with Crippen LogP contribution in [0, 0.1) is 0 Å². The number of hydrogen-bond donors (Lipinski definition) is 0. The molecule has 1 aromatic heterocycles. The van der Waals surface area contributed by atoms with Crippen molar-refractivity contribution in [2.75, 3.05) is 0 Å². The molecule has 16 heavy (non-hydrogen) atoms. The van der Waals surface area contributed by atoms with Crippen LogP contribution in [0.1, 0.15) is 10.4 Å². The van der Waals surface area contributed by atoms with Crippen molar-refractivity contribution < 1.29 is 0 Å². The molecule has 2 aromatic rings. The van der Waals surface area contributed by atoms with Crippen LogP contribution in [0.15, 0.2) is 36.5 Å². The number of halogens is 3. The lowest BCUT2D eigenvalue weighted by Gasteiger charge is -2.04. The minimum atomic E-state index is -0.556. The Morgan fingerprint density at radius 2 is 1.94 bits per heavy atom. The van der Waals surface area contributed by atoms with Crippen molar-refractivity contribution in [1.29, 1.82) is 0 Å². The minimum Gasteiger partial charge on any atom is -0.236 e. The molecule has 0 amide bonds. The molecular weight excluding hydrogens is 266 g/mol. The number of benzene rings is 1. The Bertz CT molecular complexity index is 500. The van der Waals surface area contributed by atoms with Gasteiger partial charge < -0.3 is 0 Å². The Balaban J connectivity index is 2.44. The molecule has 0 fully saturated rings. The van der Waals surface area contributed by atoms with Gasteiger partial charge in [-0.1, -0.05) is 29.8 Å². The summed E-state index contributed by atoms with van der Waals surface area (Å²) >= 11 is 17.4. The summed E-state index contributed by atoms with van der Waals surface area (Å²) in [6.45, 7) is 0. The fourth-order valence-corrected chi connectivity index (χ4v) is 1.70. The second-order valence-corrected chi connectivity index (χ2v) is 4.61. The van der Waals surface area contributed by atoms with Gasteiger partial charge in [0.15, 0.2) is 5.82 Å².